The number of nitrogens with one attached hydrogen (secondary N) is 1. The summed E-state index contributed by atoms with van der Waals surface area (Å²) in [4.78, 5) is 11.8. The maximum absolute atomic E-state index is 11.8. The van der Waals surface area contributed by atoms with Gasteiger partial charge in [0, 0.05) is 13.1 Å². The van der Waals surface area contributed by atoms with Crippen LogP contribution in [0.4, 0.5) is 0 Å². The third-order valence-corrected chi connectivity index (χ3v) is 3.39. The summed E-state index contributed by atoms with van der Waals surface area (Å²) in [5, 5.41) is 14.6. The van der Waals surface area contributed by atoms with Crippen molar-refractivity contribution in [2.24, 2.45) is 5.73 Å². The number of unbranched alkanes of at least 4 members (excludes halogenated alkanes) is 1. The van der Waals surface area contributed by atoms with E-state index in [9.17, 15) is 4.79 Å². The lowest BCUT2D eigenvalue weighted by Gasteiger charge is -2.11. The molecule has 1 atom stereocenters. The zero-order valence-corrected chi connectivity index (χ0v) is 11.6. The molecule has 1 rings (SSSR count). The maximum atomic E-state index is 11.8. The van der Waals surface area contributed by atoms with Gasteiger partial charge in [-0.05, 0) is 23.8 Å². The number of tetrazole rings is 1. The number of aromatic nitrogens is 4. The van der Waals surface area contributed by atoms with Crippen molar-refractivity contribution in [1.82, 2.24) is 25.5 Å². The molecule has 0 bridgehead atoms. The van der Waals surface area contributed by atoms with Gasteiger partial charge in [0.1, 0.15) is 0 Å². The van der Waals surface area contributed by atoms with E-state index < -0.39 is 0 Å². The van der Waals surface area contributed by atoms with Gasteiger partial charge < -0.3 is 11.1 Å². The van der Waals surface area contributed by atoms with Gasteiger partial charge >= 0.3 is 0 Å². The van der Waals surface area contributed by atoms with Crippen LogP contribution >= 0.6 is 11.8 Å². The molecular formula is C10H20N6OS. The van der Waals surface area contributed by atoms with E-state index >= 15 is 0 Å². The molecule has 102 valence electrons. The highest BCUT2D eigenvalue weighted by Crippen LogP contribution is 2.19. The van der Waals surface area contributed by atoms with Crippen LogP contribution < -0.4 is 11.1 Å². The Balaban J connectivity index is 2.45. The number of hydrogen-bond donors (Lipinski definition) is 2. The van der Waals surface area contributed by atoms with Crippen LogP contribution in [0.15, 0.2) is 5.16 Å². The molecule has 1 aromatic heterocycles. The van der Waals surface area contributed by atoms with Crippen LogP contribution in [0.25, 0.3) is 0 Å². The SMILES string of the molecule is CCCCNC(=O)C(C)Sc1nnnn1CCN. The number of rotatable bonds is 8. The average molecular weight is 272 g/mol. The van der Waals surface area contributed by atoms with Gasteiger partial charge in [-0.3, -0.25) is 4.79 Å². The second kappa shape index (κ2) is 8.04. The topological polar surface area (TPSA) is 98.7 Å². The van der Waals surface area contributed by atoms with E-state index in [1.165, 1.54) is 11.8 Å². The lowest BCUT2D eigenvalue weighted by Crippen LogP contribution is -2.31. The largest absolute Gasteiger partial charge is 0.355 e. The summed E-state index contributed by atoms with van der Waals surface area (Å²) in [5.74, 6) is 0.00995. The lowest BCUT2D eigenvalue weighted by atomic mass is 10.3. The molecule has 0 saturated heterocycles. The number of carbonyl (C=O) groups is 1. The van der Waals surface area contributed by atoms with Gasteiger partial charge in [-0.15, -0.1) is 5.10 Å². The minimum atomic E-state index is -0.218. The van der Waals surface area contributed by atoms with Crippen LogP contribution in [0.3, 0.4) is 0 Å². The van der Waals surface area contributed by atoms with Crippen molar-refractivity contribution < 1.29 is 4.79 Å². The van der Waals surface area contributed by atoms with Crippen LogP contribution in [-0.2, 0) is 11.3 Å². The molecule has 0 saturated carbocycles. The Labute approximate surface area is 111 Å². The molecule has 1 unspecified atom stereocenters. The standard InChI is InChI=1S/C10H20N6OS/c1-3-4-6-12-9(17)8(2)18-10-13-14-15-16(10)7-5-11/h8H,3-7,11H2,1-2H3,(H,12,17). The Morgan fingerprint density at radius 3 is 3.06 bits per heavy atom. The van der Waals surface area contributed by atoms with Crippen molar-refractivity contribution in [2.45, 2.75) is 43.6 Å². The van der Waals surface area contributed by atoms with Crippen LogP contribution in [0, 0.1) is 0 Å². The van der Waals surface area contributed by atoms with Crippen molar-refractivity contribution in [3.63, 3.8) is 0 Å². The minimum absolute atomic E-state index is 0.00995. The number of nitrogens with zero attached hydrogens (tertiary/aromatic N) is 4. The fourth-order valence-corrected chi connectivity index (χ4v) is 2.13. The van der Waals surface area contributed by atoms with Gasteiger partial charge in [-0.1, -0.05) is 25.1 Å². The highest BCUT2D eigenvalue weighted by atomic mass is 32.2. The van der Waals surface area contributed by atoms with E-state index in [0.717, 1.165) is 12.8 Å². The molecule has 0 spiro atoms. The normalized spacial score (nSPS) is 12.4. The van der Waals surface area contributed by atoms with E-state index in [4.69, 9.17) is 5.73 Å². The smallest absolute Gasteiger partial charge is 0.233 e. The fourth-order valence-electron chi connectivity index (χ4n) is 1.29. The molecule has 8 heteroatoms. The molecule has 1 amide bonds. The average Bonchev–Trinajstić information content (AvgIpc) is 2.77. The second-order valence-corrected chi connectivity index (χ2v) is 5.19. The van der Waals surface area contributed by atoms with Crippen LogP contribution in [0.2, 0.25) is 0 Å². The zero-order valence-electron chi connectivity index (χ0n) is 10.8. The van der Waals surface area contributed by atoms with E-state index in [1.807, 2.05) is 6.92 Å². The van der Waals surface area contributed by atoms with Crippen LogP contribution in [-0.4, -0.2) is 44.5 Å². The van der Waals surface area contributed by atoms with Gasteiger partial charge in [0.15, 0.2) is 0 Å². The molecule has 1 heterocycles. The van der Waals surface area contributed by atoms with E-state index in [-0.39, 0.29) is 11.2 Å². The second-order valence-electron chi connectivity index (χ2n) is 3.88. The summed E-state index contributed by atoms with van der Waals surface area (Å²) >= 11 is 1.34. The van der Waals surface area contributed by atoms with Crippen molar-refractivity contribution in [3.8, 4) is 0 Å². The van der Waals surface area contributed by atoms with Crippen molar-refractivity contribution >= 4 is 17.7 Å². The predicted molar refractivity (Wildman–Crippen MR) is 70.1 cm³/mol. The number of amides is 1. The Morgan fingerprint density at radius 2 is 2.39 bits per heavy atom. The lowest BCUT2D eigenvalue weighted by molar-refractivity contribution is -0.120. The number of nitrogens with two attached hydrogens (primary N) is 1. The van der Waals surface area contributed by atoms with Gasteiger partial charge in [-0.25, -0.2) is 4.68 Å². The first-order valence-corrected chi connectivity index (χ1v) is 6.97. The number of thioether (sulfide) groups is 1. The molecule has 3 N–H and O–H groups in total. The Kier molecular flexibility index (Phi) is 6.66. The molecule has 0 aliphatic heterocycles. The third kappa shape index (κ3) is 4.61. The summed E-state index contributed by atoms with van der Waals surface area (Å²) in [6.07, 6.45) is 2.06. The minimum Gasteiger partial charge on any atom is -0.355 e. The first kappa shape index (κ1) is 14.9. The molecule has 0 aliphatic rings. The van der Waals surface area contributed by atoms with Crippen LogP contribution in [0.1, 0.15) is 26.7 Å². The van der Waals surface area contributed by atoms with E-state index in [1.54, 1.807) is 4.68 Å². The monoisotopic (exact) mass is 272 g/mol. The third-order valence-electron chi connectivity index (χ3n) is 2.32. The first-order chi connectivity index (χ1) is 8.69. The van der Waals surface area contributed by atoms with Gasteiger partial charge in [0.05, 0.1) is 11.8 Å². The first-order valence-electron chi connectivity index (χ1n) is 6.09. The summed E-state index contributed by atoms with van der Waals surface area (Å²) in [6.45, 7) is 5.67. The molecule has 18 heavy (non-hydrogen) atoms. The van der Waals surface area contributed by atoms with Gasteiger partial charge in [0.2, 0.25) is 11.1 Å². The molecular weight excluding hydrogens is 252 g/mol. The summed E-state index contributed by atoms with van der Waals surface area (Å²) in [7, 11) is 0. The highest BCUT2D eigenvalue weighted by molar-refractivity contribution is 8.00. The molecule has 1 aromatic rings. The Bertz CT molecular complexity index is 369. The van der Waals surface area contributed by atoms with Gasteiger partial charge in [0.25, 0.3) is 0 Å². The van der Waals surface area contributed by atoms with Crippen molar-refractivity contribution in [3.05, 3.63) is 0 Å². The van der Waals surface area contributed by atoms with E-state index in [2.05, 4.69) is 27.8 Å². The van der Waals surface area contributed by atoms with Gasteiger partial charge in [-0.2, -0.15) is 0 Å². The highest BCUT2D eigenvalue weighted by Gasteiger charge is 2.17. The predicted octanol–water partition coefficient (Wildman–Crippen LogP) is 0.0287. The summed E-state index contributed by atoms with van der Waals surface area (Å²) in [5.41, 5.74) is 5.46. The number of carbonyl (C=O) groups excluding carboxylic acids is 1. The van der Waals surface area contributed by atoms with Crippen molar-refractivity contribution in [2.75, 3.05) is 13.1 Å². The fraction of sp³-hybridized carbons (Fsp3) is 0.800. The number of hydrogen-bond acceptors (Lipinski definition) is 6. The molecule has 0 aliphatic carbocycles. The Morgan fingerprint density at radius 1 is 1.61 bits per heavy atom. The molecule has 0 fully saturated rings. The van der Waals surface area contributed by atoms with E-state index in [0.29, 0.717) is 24.8 Å². The molecule has 0 aromatic carbocycles. The van der Waals surface area contributed by atoms with Crippen LogP contribution in [0.5, 0.6) is 0 Å². The molecule has 7 nitrogen and oxygen atoms in total. The summed E-state index contributed by atoms with van der Waals surface area (Å²) in [6, 6.07) is 0. The quantitative estimate of drug-likeness (QED) is 0.511. The van der Waals surface area contributed by atoms with Crippen molar-refractivity contribution in [1.29, 1.82) is 0 Å². The maximum Gasteiger partial charge on any atom is 0.233 e. The zero-order chi connectivity index (χ0) is 13.4. The summed E-state index contributed by atoms with van der Waals surface area (Å²) < 4.78 is 1.61. The Hall–Kier alpha value is -1.15. The molecule has 0 radical (unpaired) electrons.